The summed E-state index contributed by atoms with van der Waals surface area (Å²) < 4.78 is 0. The first-order valence-electron chi connectivity index (χ1n) is 15.8. The van der Waals surface area contributed by atoms with Crippen molar-refractivity contribution in [3.8, 4) is 5.75 Å². The van der Waals surface area contributed by atoms with Crippen LogP contribution in [0.1, 0.15) is 57.9 Å². The number of phenols is 1. The van der Waals surface area contributed by atoms with Crippen LogP contribution in [-0.4, -0.2) is 94.5 Å². The number of aryl methyl sites for hydroxylation is 1. The maximum Gasteiger partial charge on any atom is 0.243 e. The lowest BCUT2D eigenvalue weighted by Gasteiger charge is -2.29. The molecule has 1 aromatic carbocycles. The fraction of sp³-hybridized carbons (Fsp3) is 0.548. The van der Waals surface area contributed by atoms with E-state index in [2.05, 4.69) is 26.6 Å². The third-order valence-corrected chi connectivity index (χ3v) is 10.1. The predicted molar refractivity (Wildman–Crippen MR) is 183 cm³/mol. The van der Waals surface area contributed by atoms with E-state index >= 15 is 0 Å². The molecule has 1 fully saturated rings. The highest BCUT2D eigenvalue weighted by molar-refractivity contribution is 8.76. The van der Waals surface area contributed by atoms with E-state index in [9.17, 15) is 43.5 Å². The lowest BCUT2D eigenvalue weighted by atomic mass is 9.96. The van der Waals surface area contributed by atoms with Crippen molar-refractivity contribution in [1.82, 2.24) is 26.6 Å². The summed E-state index contributed by atoms with van der Waals surface area (Å²) >= 11 is 0. The van der Waals surface area contributed by atoms with Gasteiger partial charge >= 0.3 is 0 Å². The van der Waals surface area contributed by atoms with Gasteiger partial charge in [-0.25, -0.2) is 0 Å². The third-order valence-electron chi connectivity index (χ3n) is 7.69. The van der Waals surface area contributed by atoms with Crippen LogP contribution >= 0.6 is 21.6 Å². The Morgan fingerprint density at radius 2 is 1.47 bits per heavy atom. The van der Waals surface area contributed by atoms with Gasteiger partial charge in [0, 0.05) is 24.3 Å². The first-order valence-corrected chi connectivity index (χ1v) is 18.3. The van der Waals surface area contributed by atoms with Gasteiger partial charge in [-0.2, -0.15) is 0 Å². The second kappa shape index (κ2) is 20.9. The first kappa shape index (κ1) is 40.9. The highest BCUT2D eigenvalue weighted by Gasteiger charge is 2.34. The van der Waals surface area contributed by atoms with Gasteiger partial charge in [0.25, 0.3) is 0 Å². The Morgan fingerprint density at radius 3 is 2.08 bits per heavy atom. The zero-order valence-electron chi connectivity index (χ0n) is 27.4. The number of carbonyl (C=O) groups is 8. The van der Waals surface area contributed by atoms with Gasteiger partial charge in [-0.3, -0.25) is 33.6 Å². The van der Waals surface area contributed by atoms with Crippen molar-refractivity contribution in [3.63, 3.8) is 0 Å². The van der Waals surface area contributed by atoms with Crippen LogP contribution in [0.4, 0.5) is 0 Å². The Morgan fingerprint density at radius 1 is 0.857 bits per heavy atom. The largest absolute Gasteiger partial charge is 0.508 e. The molecule has 7 amide bonds. The average molecular weight is 724 g/mol. The molecule has 0 spiro atoms. The summed E-state index contributed by atoms with van der Waals surface area (Å²) in [5.74, 6) is -5.39. The number of primary amides is 2. The van der Waals surface area contributed by atoms with Crippen molar-refractivity contribution in [1.29, 1.82) is 0 Å². The van der Waals surface area contributed by atoms with Crippen molar-refractivity contribution in [2.75, 3.05) is 11.5 Å². The summed E-state index contributed by atoms with van der Waals surface area (Å²) in [6, 6.07) is 0.152. The van der Waals surface area contributed by atoms with E-state index in [0.29, 0.717) is 24.9 Å². The summed E-state index contributed by atoms with van der Waals surface area (Å²) in [6.07, 6.45) is 0.184. The van der Waals surface area contributed by atoms with Gasteiger partial charge in [-0.05, 0) is 42.9 Å². The molecule has 16 nitrogen and oxygen atoms in total. The van der Waals surface area contributed by atoms with Crippen LogP contribution in [-0.2, 0) is 44.8 Å². The highest BCUT2D eigenvalue weighted by Crippen LogP contribution is 2.23. The number of aldehydes is 1. The fourth-order valence-electron chi connectivity index (χ4n) is 4.68. The minimum Gasteiger partial charge on any atom is -0.508 e. The summed E-state index contributed by atoms with van der Waals surface area (Å²) in [7, 11) is 2.46. The van der Waals surface area contributed by atoms with Gasteiger partial charge in [0.1, 0.15) is 36.2 Å². The fourth-order valence-corrected chi connectivity index (χ4v) is 6.80. The summed E-state index contributed by atoms with van der Waals surface area (Å²) in [5.41, 5.74) is 11.4. The summed E-state index contributed by atoms with van der Waals surface area (Å²) in [5, 5.41) is 22.4. The molecule has 1 heterocycles. The van der Waals surface area contributed by atoms with Crippen LogP contribution in [0.25, 0.3) is 0 Å². The van der Waals surface area contributed by atoms with Crippen molar-refractivity contribution < 1.29 is 43.5 Å². The number of nitrogens with two attached hydrogens (primary N) is 2. The van der Waals surface area contributed by atoms with Gasteiger partial charge in [0.05, 0.1) is 12.5 Å². The Balaban J connectivity index is 2.45. The lowest BCUT2D eigenvalue weighted by Crippen LogP contribution is -2.60. The van der Waals surface area contributed by atoms with E-state index in [1.165, 1.54) is 33.7 Å². The zero-order chi connectivity index (χ0) is 36.5. The van der Waals surface area contributed by atoms with E-state index in [1.807, 2.05) is 0 Å². The van der Waals surface area contributed by atoms with Crippen LogP contribution < -0.4 is 38.1 Å². The second-order valence-electron chi connectivity index (χ2n) is 11.6. The van der Waals surface area contributed by atoms with Crippen LogP contribution in [0.15, 0.2) is 24.3 Å². The number of carbonyl (C=O) groups excluding carboxylic acids is 8. The Labute approximate surface area is 292 Å². The molecule has 2 rings (SSSR count). The molecule has 0 saturated carbocycles. The molecule has 270 valence electrons. The quantitative estimate of drug-likeness (QED) is 0.101. The SMILES string of the molecule is CC[C@H](C)C1NC(=O)[C@H](CCc2ccc(O)cc2)NC(=O)CCSSC[C@@H](C=O)NC(=O)[C@H](CC(N)=O)NC(=O)[C@H](CCC(N)=O)NC1=O. The minimum atomic E-state index is -1.52. The molecule has 49 heavy (non-hydrogen) atoms. The number of phenolic OH excluding ortho intramolecular Hbond substituents is 1. The molecule has 1 aliphatic rings. The molecule has 0 radical (unpaired) electrons. The van der Waals surface area contributed by atoms with E-state index in [4.69, 9.17) is 11.5 Å². The summed E-state index contributed by atoms with van der Waals surface area (Å²) in [4.78, 5) is 102. The molecule has 18 heteroatoms. The molecule has 6 atom stereocenters. The molecule has 1 saturated heterocycles. The minimum absolute atomic E-state index is 0.0162. The van der Waals surface area contributed by atoms with Crippen LogP contribution in [0, 0.1) is 5.92 Å². The number of amides is 7. The van der Waals surface area contributed by atoms with E-state index < -0.39 is 83.9 Å². The Hall–Kier alpha value is -4.32. The Bertz CT molecular complexity index is 1350. The highest BCUT2D eigenvalue weighted by atomic mass is 33.1. The third kappa shape index (κ3) is 14.8. The standard InChI is InChI=1S/C31H45N7O9S2/c1-3-17(2)27-31(47)36-22(10-11-24(32)41)28(44)37-23(14-25(33)42)30(46)34-19(15-39)16-49-48-13-12-26(43)35-21(29(45)38-27)9-6-18-4-7-20(40)8-5-18/h4-5,7-8,15,17,19,21-23,27,40H,3,6,9-14,16H2,1-2H3,(H2,32,41)(H2,33,42)(H,34,46)(H,35,43)(H,36,47)(H,37,44)(H,38,45)/t17-,19+,21-,22-,23-,27?/m0/s1. The van der Waals surface area contributed by atoms with Crippen molar-refractivity contribution in [3.05, 3.63) is 29.8 Å². The molecule has 10 N–H and O–H groups in total. The maximum atomic E-state index is 13.7. The van der Waals surface area contributed by atoms with Gasteiger partial charge < -0.3 is 48.0 Å². The smallest absolute Gasteiger partial charge is 0.243 e. The lowest BCUT2D eigenvalue weighted by molar-refractivity contribution is -0.136. The molecular weight excluding hydrogens is 679 g/mol. The molecule has 0 aliphatic carbocycles. The van der Waals surface area contributed by atoms with Crippen LogP contribution in [0.2, 0.25) is 0 Å². The van der Waals surface area contributed by atoms with Gasteiger partial charge in [-0.1, -0.05) is 54.0 Å². The second-order valence-corrected chi connectivity index (χ2v) is 14.2. The van der Waals surface area contributed by atoms with Gasteiger partial charge in [0.2, 0.25) is 41.4 Å². The molecule has 1 unspecified atom stereocenters. The number of hydrogen-bond acceptors (Lipinski definition) is 11. The van der Waals surface area contributed by atoms with E-state index in [0.717, 1.165) is 5.56 Å². The number of nitrogens with one attached hydrogen (secondary N) is 5. The predicted octanol–water partition coefficient (Wildman–Crippen LogP) is -1.08. The van der Waals surface area contributed by atoms with Crippen molar-refractivity contribution in [2.24, 2.45) is 17.4 Å². The average Bonchev–Trinajstić information content (AvgIpc) is 3.05. The van der Waals surface area contributed by atoms with Crippen molar-refractivity contribution >= 4 is 69.2 Å². The zero-order valence-corrected chi connectivity index (χ0v) is 29.0. The normalized spacial score (nSPS) is 24.2. The monoisotopic (exact) mass is 723 g/mol. The Kier molecular flexibility index (Phi) is 17.4. The first-order chi connectivity index (χ1) is 23.2. The number of rotatable bonds is 11. The van der Waals surface area contributed by atoms with Crippen LogP contribution in [0.5, 0.6) is 5.75 Å². The van der Waals surface area contributed by atoms with Crippen LogP contribution in [0.3, 0.4) is 0 Å². The molecular formula is C31H45N7O9S2. The number of hydrogen-bond donors (Lipinski definition) is 8. The number of benzene rings is 1. The molecule has 0 bridgehead atoms. The van der Waals surface area contributed by atoms with Crippen molar-refractivity contribution in [2.45, 2.75) is 89.0 Å². The maximum absolute atomic E-state index is 13.7. The van der Waals surface area contributed by atoms with E-state index in [1.54, 1.807) is 26.0 Å². The van der Waals surface area contributed by atoms with Gasteiger partial charge in [0.15, 0.2) is 0 Å². The summed E-state index contributed by atoms with van der Waals surface area (Å²) in [6.45, 7) is 3.49. The molecule has 1 aliphatic heterocycles. The molecule has 0 aromatic heterocycles. The van der Waals surface area contributed by atoms with Gasteiger partial charge in [-0.15, -0.1) is 0 Å². The molecule has 1 aromatic rings. The van der Waals surface area contributed by atoms with E-state index in [-0.39, 0.29) is 37.2 Å². The topological polar surface area (TPSA) is 269 Å². The number of aromatic hydroxyl groups is 1.